The summed E-state index contributed by atoms with van der Waals surface area (Å²) in [5.74, 6) is 0.793. The molecule has 0 saturated heterocycles. The first-order valence-electron chi connectivity index (χ1n) is 8.32. The number of carbonyl (C=O) groups is 1. The molecule has 0 fully saturated rings. The molecule has 4 rings (SSSR count). The summed E-state index contributed by atoms with van der Waals surface area (Å²) in [7, 11) is 0. The topological polar surface area (TPSA) is 42.0 Å². The van der Waals surface area contributed by atoms with Crippen molar-refractivity contribution >= 4 is 67.5 Å². The molecular formula is C21H15IN2OS2. The maximum atomic E-state index is 12.3. The highest BCUT2D eigenvalue weighted by atomic mass is 127. The van der Waals surface area contributed by atoms with Crippen LogP contribution in [0.1, 0.15) is 15.9 Å². The number of nitrogens with zero attached hydrogens (tertiary/aromatic N) is 1. The van der Waals surface area contributed by atoms with Gasteiger partial charge in [0.05, 0.1) is 10.2 Å². The summed E-state index contributed by atoms with van der Waals surface area (Å²) in [6.07, 6.45) is 0. The first-order valence-corrected chi connectivity index (χ1v) is 11.2. The fraction of sp³-hybridized carbons (Fsp3) is 0.0476. The van der Waals surface area contributed by atoms with Crippen molar-refractivity contribution in [2.45, 2.75) is 10.1 Å². The highest BCUT2D eigenvalue weighted by molar-refractivity contribution is 14.1. The molecule has 0 aliphatic carbocycles. The van der Waals surface area contributed by atoms with Crippen LogP contribution >= 0.6 is 45.7 Å². The summed E-state index contributed by atoms with van der Waals surface area (Å²) < 4.78 is 3.35. The molecule has 0 atom stereocenters. The van der Waals surface area contributed by atoms with E-state index in [1.807, 2.05) is 36.4 Å². The number of thioether (sulfide) groups is 1. The lowest BCUT2D eigenvalue weighted by Crippen LogP contribution is -2.11. The van der Waals surface area contributed by atoms with Crippen molar-refractivity contribution < 1.29 is 4.79 Å². The van der Waals surface area contributed by atoms with E-state index < -0.39 is 0 Å². The van der Waals surface area contributed by atoms with E-state index in [4.69, 9.17) is 4.98 Å². The molecule has 27 heavy (non-hydrogen) atoms. The molecule has 1 amide bonds. The van der Waals surface area contributed by atoms with E-state index in [1.54, 1.807) is 35.2 Å². The van der Waals surface area contributed by atoms with Crippen molar-refractivity contribution in [1.29, 1.82) is 0 Å². The summed E-state index contributed by atoms with van der Waals surface area (Å²) in [5.41, 5.74) is 3.68. The second-order valence-corrected chi connectivity index (χ2v) is 9.40. The Morgan fingerprint density at radius 2 is 1.81 bits per heavy atom. The van der Waals surface area contributed by atoms with Gasteiger partial charge in [0, 0.05) is 20.6 Å². The number of halogens is 1. The van der Waals surface area contributed by atoms with Crippen LogP contribution in [0.15, 0.2) is 77.1 Å². The first-order chi connectivity index (χ1) is 13.2. The van der Waals surface area contributed by atoms with Crippen molar-refractivity contribution in [3.05, 3.63) is 87.5 Å². The molecule has 1 heterocycles. The summed E-state index contributed by atoms with van der Waals surface area (Å²) in [4.78, 5) is 17.0. The SMILES string of the molecule is O=C(Nc1ccc2nc(SCc3ccc(I)cc3)sc2c1)c1ccccc1. The van der Waals surface area contributed by atoms with Gasteiger partial charge < -0.3 is 5.32 Å². The number of hydrogen-bond acceptors (Lipinski definition) is 4. The summed E-state index contributed by atoms with van der Waals surface area (Å²) in [5, 5.41) is 2.96. The molecule has 134 valence electrons. The number of amides is 1. The van der Waals surface area contributed by atoms with Gasteiger partial charge in [0.2, 0.25) is 0 Å². The lowest BCUT2D eigenvalue weighted by Gasteiger charge is -2.04. The molecule has 0 saturated carbocycles. The third kappa shape index (κ3) is 4.69. The number of carbonyl (C=O) groups excluding carboxylic acids is 1. The Labute approximate surface area is 179 Å². The van der Waals surface area contributed by atoms with Crippen LogP contribution in [0.4, 0.5) is 5.69 Å². The van der Waals surface area contributed by atoms with Crippen molar-refractivity contribution in [3.63, 3.8) is 0 Å². The zero-order chi connectivity index (χ0) is 18.6. The Bertz CT molecular complexity index is 1080. The maximum absolute atomic E-state index is 12.3. The quantitative estimate of drug-likeness (QED) is 0.252. The second-order valence-electron chi connectivity index (χ2n) is 5.90. The van der Waals surface area contributed by atoms with Crippen molar-refractivity contribution in [2.75, 3.05) is 5.32 Å². The number of benzene rings is 3. The smallest absolute Gasteiger partial charge is 0.255 e. The van der Waals surface area contributed by atoms with E-state index in [2.05, 4.69) is 52.2 Å². The van der Waals surface area contributed by atoms with Gasteiger partial charge in [-0.2, -0.15) is 0 Å². The van der Waals surface area contributed by atoms with Gasteiger partial charge in [-0.05, 0) is 70.6 Å². The lowest BCUT2D eigenvalue weighted by atomic mass is 10.2. The summed E-state index contributed by atoms with van der Waals surface area (Å²) in [6.45, 7) is 0. The van der Waals surface area contributed by atoms with Gasteiger partial charge in [0.25, 0.3) is 5.91 Å². The van der Waals surface area contributed by atoms with E-state index in [0.29, 0.717) is 5.56 Å². The molecule has 0 aliphatic rings. The second kappa shape index (κ2) is 8.41. The molecule has 1 N–H and O–H groups in total. The van der Waals surface area contributed by atoms with Gasteiger partial charge in [-0.25, -0.2) is 4.98 Å². The molecule has 0 unspecified atom stereocenters. The summed E-state index contributed by atoms with van der Waals surface area (Å²) in [6, 6.07) is 23.6. The van der Waals surface area contributed by atoms with Crippen LogP contribution < -0.4 is 5.32 Å². The monoisotopic (exact) mass is 502 g/mol. The minimum Gasteiger partial charge on any atom is -0.322 e. The van der Waals surface area contributed by atoms with Crippen LogP contribution in [-0.4, -0.2) is 10.9 Å². The molecule has 0 spiro atoms. The highest BCUT2D eigenvalue weighted by Crippen LogP contribution is 2.33. The van der Waals surface area contributed by atoms with Gasteiger partial charge in [-0.15, -0.1) is 11.3 Å². The van der Waals surface area contributed by atoms with Crippen molar-refractivity contribution in [1.82, 2.24) is 4.98 Å². The van der Waals surface area contributed by atoms with E-state index in [9.17, 15) is 4.79 Å². The molecular weight excluding hydrogens is 487 g/mol. The fourth-order valence-corrected chi connectivity index (χ4v) is 4.98. The Kier molecular flexibility index (Phi) is 5.75. The minimum atomic E-state index is -0.104. The number of thiazole rings is 1. The molecule has 4 aromatic rings. The van der Waals surface area contributed by atoms with Crippen LogP contribution in [0.5, 0.6) is 0 Å². The molecule has 3 nitrogen and oxygen atoms in total. The van der Waals surface area contributed by atoms with Gasteiger partial charge in [-0.1, -0.05) is 42.1 Å². The van der Waals surface area contributed by atoms with E-state index in [1.165, 1.54) is 9.13 Å². The van der Waals surface area contributed by atoms with Crippen molar-refractivity contribution in [3.8, 4) is 0 Å². The predicted molar refractivity (Wildman–Crippen MR) is 123 cm³/mol. The van der Waals surface area contributed by atoms with Crippen LogP contribution in [0.25, 0.3) is 10.2 Å². The first kappa shape index (κ1) is 18.5. The van der Waals surface area contributed by atoms with Crippen molar-refractivity contribution in [2.24, 2.45) is 0 Å². The zero-order valence-corrected chi connectivity index (χ0v) is 18.0. The summed E-state index contributed by atoms with van der Waals surface area (Å²) >= 11 is 5.71. The van der Waals surface area contributed by atoms with Crippen LogP contribution in [0.2, 0.25) is 0 Å². The van der Waals surface area contributed by atoms with Crippen LogP contribution in [-0.2, 0) is 5.75 Å². The number of rotatable bonds is 5. The van der Waals surface area contributed by atoms with Gasteiger partial charge in [-0.3, -0.25) is 4.79 Å². The minimum absolute atomic E-state index is 0.104. The normalized spacial score (nSPS) is 10.9. The molecule has 0 bridgehead atoms. The van der Waals surface area contributed by atoms with Gasteiger partial charge >= 0.3 is 0 Å². The Morgan fingerprint density at radius 1 is 1.04 bits per heavy atom. The molecule has 6 heteroatoms. The number of nitrogens with one attached hydrogen (secondary N) is 1. The average Bonchev–Trinajstić information content (AvgIpc) is 3.10. The van der Waals surface area contributed by atoms with Crippen LogP contribution in [0.3, 0.4) is 0 Å². The van der Waals surface area contributed by atoms with E-state index >= 15 is 0 Å². The van der Waals surface area contributed by atoms with E-state index in [0.717, 1.165) is 26.0 Å². The van der Waals surface area contributed by atoms with Crippen LogP contribution in [0, 0.1) is 3.57 Å². The molecule has 3 aromatic carbocycles. The largest absolute Gasteiger partial charge is 0.322 e. The molecule has 0 aliphatic heterocycles. The average molecular weight is 502 g/mol. The number of fused-ring (bicyclic) bond motifs is 1. The lowest BCUT2D eigenvalue weighted by molar-refractivity contribution is 0.102. The fourth-order valence-electron chi connectivity index (χ4n) is 2.56. The third-order valence-electron chi connectivity index (χ3n) is 3.94. The maximum Gasteiger partial charge on any atom is 0.255 e. The zero-order valence-electron chi connectivity index (χ0n) is 14.2. The molecule has 1 aromatic heterocycles. The third-order valence-corrected chi connectivity index (χ3v) is 6.89. The number of aromatic nitrogens is 1. The van der Waals surface area contributed by atoms with Gasteiger partial charge in [0.1, 0.15) is 0 Å². The van der Waals surface area contributed by atoms with Gasteiger partial charge in [0.15, 0.2) is 4.34 Å². The molecule has 0 radical (unpaired) electrons. The number of anilines is 1. The number of hydrogen-bond donors (Lipinski definition) is 1. The standard InChI is InChI=1S/C21H15IN2OS2/c22-16-8-6-14(7-9-16)13-26-21-24-18-11-10-17(12-19(18)27-21)23-20(25)15-4-2-1-3-5-15/h1-12H,13H2,(H,23,25). The highest BCUT2D eigenvalue weighted by Gasteiger charge is 2.09. The van der Waals surface area contributed by atoms with E-state index in [-0.39, 0.29) is 5.91 Å². The Balaban J connectivity index is 1.46. The predicted octanol–water partition coefficient (Wildman–Crippen LogP) is 6.45. The Morgan fingerprint density at radius 3 is 2.59 bits per heavy atom. The Hall–Kier alpha value is -1.90.